The minimum atomic E-state index is -1.30. The first-order valence-electron chi connectivity index (χ1n) is 7.08. The van der Waals surface area contributed by atoms with Crippen LogP contribution in [0.4, 0.5) is 0 Å². The van der Waals surface area contributed by atoms with Crippen molar-refractivity contribution in [2.24, 2.45) is 0 Å². The molecule has 0 saturated heterocycles. The smallest absolute Gasteiger partial charge is 0.230 e. The SMILES string of the molecule is COc1cccc(C(O)(Cc2ccccc2)C2=COCO2)c1. The van der Waals surface area contributed by atoms with Crippen LogP contribution in [0.3, 0.4) is 0 Å². The van der Waals surface area contributed by atoms with E-state index >= 15 is 0 Å². The number of methoxy groups -OCH3 is 1. The molecule has 114 valence electrons. The first-order valence-corrected chi connectivity index (χ1v) is 7.08. The summed E-state index contributed by atoms with van der Waals surface area (Å²) in [5.41, 5.74) is 0.406. The van der Waals surface area contributed by atoms with Gasteiger partial charge in [-0.05, 0) is 23.3 Å². The molecule has 0 radical (unpaired) electrons. The van der Waals surface area contributed by atoms with Gasteiger partial charge in [0.2, 0.25) is 6.79 Å². The molecule has 2 aromatic rings. The average Bonchev–Trinajstić information content (AvgIpc) is 3.11. The number of hydrogen-bond acceptors (Lipinski definition) is 4. The molecule has 0 aliphatic carbocycles. The number of hydrogen-bond donors (Lipinski definition) is 1. The lowest BCUT2D eigenvalue weighted by molar-refractivity contribution is -0.00647. The topological polar surface area (TPSA) is 47.9 Å². The zero-order valence-corrected chi connectivity index (χ0v) is 12.4. The minimum absolute atomic E-state index is 0.121. The van der Waals surface area contributed by atoms with Crippen molar-refractivity contribution in [2.45, 2.75) is 12.0 Å². The largest absolute Gasteiger partial charge is 0.497 e. The van der Waals surface area contributed by atoms with Crippen LogP contribution in [0.25, 0.3) is 0 Å². The maximum atomic E-state index is 11.3. The highest BCUT2D eigenvalue weighted by molar-refractivity contribution is 5.38. The molecule has 1 atom stereocenters. The van der Waals surface area contributed by atoms with Crippen molar-refractivity contribution >= 4 is 0 Å². The summed E-state index contributed by atoms with van der Waals surface area (Å²) in [6.45, 7) is 0.121. The third-order valence-corrected chi connectivity index (χ3v) is 3.73. The zero-order valence-electron chi connectivity index (χ0n) is 12.4. The van der Waals surface area contributed by atoms with E-state index in [-0.39, 0.29) is 6.79 Å². The highest BCUT2D eigenvalue weighted by Gasteiger charge is 2.38. The summed E-state index contributed by atoms with van der Waals surface area (Å²) in [4.78, 5) is 0. The zero-order chi connectivity index (χ0) is 15.4. The number of aliphatic hydroxyl groups is 1. The Morgan fingerprint density at radius 2 is 1.95 bits per heavy atom. The molecule has 1 heterocycles. The van der Waals surface area contributed by atoms with E-state index in [2.05, 4.69) is 0 Å². The van der Waals surface area contributed by atoms with Crippen LogP contribution in [0.2, 0.25) is 0 Å². The minimum Gasteiger partial charge on any atom is -0.497 e. The van der Waals surface area contributed by atoms with Gasteiger partial charge >= 0.3 is 0 Å². The summed E-state index contributed by atoms with van der Waals surface area (Å²) in [6, 6.07) is 17.1. The van der Waals surface area contributed by atoms with Gasteiger partial charge in [0, 0.05) is 6.42 Å². The predicted octanol–water partition coefficient (Wildman–Crippen LogP) is 2.97. The van der Waals surface area contributed by atoms with E-state index in [1.807, 2.05) is 54.6 Å². The van der Waals surface area contributed by atoms with Crippen molar-refractivity contribution in [3.63, 3.8) is 0 Å². The molecule has 0 saturated carbocycles. The number of rotatable bonds is 5. The molecule has 1 unspecified atom stereocenters. The Morgan fingerprint density at radius 1 is 1.14 bits per heavy atom. The van der Waals surface area contributed by atoms with E-state index in [1.165, 1.54) is 6.26 Å². The van der Waals surface area contributed by atoms with Gasteiger partial charge in [-0.2, -0.15) is 0 Å². The molecule has 0 amide bonds. The van der Waals surface area contributed by atoms with E-state index in [4.69, 9.17) is 14.2 Å². The van der Waals surface area contributed by atoms with Crippen molar-refractivity contribution in [3.05, 3.63) is 77.7 Å². The molecule has 0 bridgehead atoms. The second kappa shape index (κ2) is 6.12. The van der Waals surface area contributed by atoms with Gasteiger partial charge in [-0.1, -0.05) is 42.5 Å². The van der Waals surface area contributed by atoms with Crippen LogP contribution in [0.1, 0.15) is 11.1 Å². The molecule has 1 N–H and O–H groups in total. The van der Waals surface area contributed by atoms with Crippen molar-refractivity contribution in [1.29, 1.82) is 0 Å². The summed E-state index contributed by atoms with van der Waals surface area (Å²) in [5.74, 6) is 1.09. The monoisotopic (exact) mass is 298 g/mol. The van der Waals surface area contributed by atoms with Gasteiger partial charge in [-0.15, -0.1) is 0 Å². The highest BCUT2D eigenvalue weighted by atomic mass is 16.7. The number of ether oxygens (including phenoxy) is 3. The maximum Gasteiger partial charge on any atom is 0.230 e. The molecular weight excluding hydrogens is 280 g/mol. The fourth-order valence-electron chi connectivity index (χ4n) is 2.56. The van der Waals surface area contributed by atoms with Gasteiger partial charge in [0.1, 0.15) is 12.0 Å². The molecule has 0 aromatic heterocycles. The van der Waals surface area contributed by atoms with Gasteiger partial charge in [-0.25, -0.2) is 0 Å². The molecule has 1 aliphatic rings. The Balaban J connectivity index is 2.02. The Morgan fingerprint density at radius 3 is 2.64 bits per heavy atom. The average molecular weight is 298 g/mol. The molecule has 2 aromatic carbocycles. The molecule has 0 fully saturated rings. The van der Waals surface area contributed by atoms with E-state index in [9.17, 15) is 5.11 Å². The Bertz CT molecular complexity index is 666. The molecule has 22 heavy (non-hydrogen) atoms. The van der Waals surface area contributed by atoms with Crippen LogP contribution < -0.4 is 4.74 Å². The predicted molar refractivity (Wildman–Crippen MR) is 82.2 cm³/mol. The van der Waals surface area contributed by atoms with E-state index < -0.39 is 5.60 Å². The molecule has 4 heteroatoms. The van der Waals surface area contributed by atoms with E-state index in [0.717, 1.165) is 5.56 Å². The summed E-state index contributed by atoms with van der Waals surface area (Å²) in [5, 5.41) is 11.3. The van der Waals surface area contributed by atoms with Crippen molar-refractivity contribution in [1.82, 2.24) is 0 Å². The van der Waals surface area contributed by atoms with Crippen LogP contribution in [-0.4, -0.2) is 19.0 Å². The van der Waals surface area contributed by atoms with Crippen LogP contribution in [-0.2, 0) is 21.5 Å². The lowest BCUT2D eigenvalue weighted by Crippen LogP contribution is -2.31. The van der Waals surface area contributed by atoms with Crippen molar-refractivity contribution in [3.8, 4) is 5.75 Å². The summed E-state index contributed by atoms with van der Waals surface area (Å²) >= 11 is 0. The van der Waals surface area contributed by atoms with Crippen LogP contribution in [0.15, 0.2) is 66.6 Å². The second-order valence-electron chi connectivity index (χ2n) is 5.17. The van der Waals surface area contributed by atoms with Gasteiger partial charge in [-0.3, -0.25) is 0 Å². The first-order chi connectivity index (χ1) is 10.7. The second-order valence-corrected chi connectivity index (χ2v) is 5.17. The third kappa shape index (κ3) is 2.78. The van der Waals surface area contributed by atoms with Crippen LogP contribution in [0.5, 0.6) is 5.75 Å². The summed E-state index contributed by atoms with van der Waals surface area (Å²) in [6.07, 6.45) is 1.86. The maximum absolute atomic E-state index is 11.3. The standard InChI is InChI=1S/C18H18O4/c1-20-16-9-5-8-15(10-16)18(19,17-12-21-13-22-17)11-14-6-3-2-4-7-14/h2-10,12,19H,11,13H2,1H3. The Labute approximate surface area is 129 Å². The molecule has 0 spiro atoms. The van der Waals surface area contributed by atoms with Gasteiger partial charge in [0.05, 0.1) is 7.11 Å². The normalized spacial score (nSPS) is 16.2. The fourth-order valence-corrected chi connectivity index (χ4v) is 2.56. The summed E-state index contributed by atoms with van der Waals surface area (Å²) in [7, 11) is 1.60. The van der Waals surface area contributed by atoms with Crippen LogP contribution >= 0.6 is 0 Å². The lowest BCUT2D eigenvalue weighted by atomic mass is 9.85. The Hall–Kier alpha value is -2.46. The highest BCUT2D eigenvalue weighted by Crippen LogP contribution is 2.37. The molecule has 3 rings (SSSR count). The Kier molecular flexibility index (Phi) is 4.02. The van der Waals surface area contributed by atoms with E-state index in [0.29, 0.717) is 23.5 Å². The molecule has 1 aliphatic heterocycles. The molecule has 4 nitrogen and oxygen atoms in total. The van der Waals surface area contributed by atoms with Gasteiger partial charge in [0.25, 0.3) is 0 Å². The van der Waals surface area contributed by atoms with Crippen LogP contribution in [0, 0.1) is 0 Å². The fraction of sp³-hybridized carbons (Fsp3) is 0.222. The quantitative estimate of drug-likeness (QED) is 0.922. The van der Waals surface area contributed by atoms with Gasteiger partial charge in [0.15, 0.2) is 11.4 Å². The summed E-state index contributed by atoms with van der Waals surface area (Å²) < 4.78 is 15.9. The first kappa shape index (κ1) is 14.5. The number of benzene rings is 2. The van der Waals surface area contributed by atoms with Crippen molar-refractivity contribution in [2.75, 3.05) is 13.9 Å². The third-order valence-electron chi connectivity index (χ3n) is 3.73. The lowest BCUT2D eigenvalue weighted by Gasteiger charge is -2.28. The van der Waals surface area contributed by atoms with Gasteiger partial charge < -0.3 is 19.3 Å². The van der Waals surface area contributed by atoms with E-state index in [1.54, 1.807) is 7.11 Å². The van der Waals surface area contributed by atoms with Crippen molar-refractivity contribution < 1.29 is 19.3 Å². The molecular formula is C18H18O4.